The second-order valence-electron chi connectivity index (χ2n) is 4.69. The van der Waals surface area contributed by atoms with E-state index in [2.05, 4.69) is 10.6 Å². The molecule has 5 nitrogen and oxygen atoms in total. The van der Waals surface area contributed by atoms with E-state index in [1.54, 1.807) is 0 Å². The van der Waals surface area contributed by atoms with Crippen molar-refractivity contribution >= 4 is 6.09 Å². The molecule has 0 bridgehead atoms. The number of carbonyl (C=O) groups is 1. The van der Waals surface area contributed by atoms with Gasteiger partial charge in [-0.2, -0.15) is 0 Å². The number of aliphatic hydroxyl groups excluding tert-OH is 1. The Balaban J connectivity index is 3.42. The fourth-order valence-corrected chi connectivity index (χ4v) is 0.980. The summed E-state index contributed by atoms with van der Waals surface area (Å²) in [5.74, 6) is 0. The summed E-state index contributed by atoms with van der Waals surface area (Å²) < 4.78 is 5.06. The summed E-state index contributed by atoms with van der Waals surface area (Å²) in [6.07, 6.45) is -0.00109. The van der Waals surface area contributed by atoms with Gasteiger partial charge < -0.3 is 20.5 Å². The molecule has 0 rings (SSSR count). The average Bonchev–Trinajstić information content (AvgIpc) is 2.14. The Labute approximate surface area is 97.6 Å². The van der Waals surface area contributed by atoms with Crippen LogP contribution in [-0.2, 0) is 4.74 Å². The predicted molar refractivity (Wildman–Crippen MR) is 63.4 cm³/mol. The molecule has 0 fully saturated rings. The first-order valence-corrected chi connectivity index (χ1v) is 5.70. The van der Waals surface area contributed by atoms with Gasteiger partial charge in [0.1, 0.15) is 5.60 Å². The van der Waals surface area contributed by atoms with E-state index in [1.807, 2.05) is 27.7 Å². The number of rotatable bonds is 6. The van der Waals surface area contributed by atoms with Crippen LogP contribution in [0.15, 0.2) is 0 Å². The summed E-state index contributed by atoms with van der Waals surface area (Å²) in [6, 6.07) is 0. The Morgan fingerprint density at radius 3 is 2.50 bits per heavy atom. The Hall–Kier alpha value is -0.810. The summed E-state index contributed by atoms with van der Waals surface area (Å²) in [6.45, 7) is 9.05. The second kappa shape index (κ2) is 7.46. The van der Waals surface area contributed by atoms with Gasteiger partial charge in [-0.1, -0.05) is 6.92 Å². The van der Waals surface area contributed by atoms with Crippen LogP contribution >= 0.6 is 0 Å². The van der Waals surface area contributed by atoms with Crippen molar-refractivity contribution in [2.75, 3.05) is 19.6 Å². The molecule has 0 aromatic heterocycles. The maximum absolute atomic E-state index is 11.2. The van der Waals surface area contributed by atoms with E-state index < -0.39 is 11.7 Å². The minimum absolute atomic E-state index is 0.318. The molecule has 0 saturated heterocycles. The lowest BCUT2D eigenvalue weighted by atomic mass is 10.2. The van der Waals surface area contributed by atoms with E-state index in [0.29, 0.717) is 19.6 Å². The molecule has 3 N–H and O–H groups in total. The molecule has 1 amide bonds. The molecule has 0 heterocycles. The van der Waals surface area contributed by atoms with Crippen LogP contribution in [0, 0.1) is 0 Å². The Bertz CT molecular complexity index is 202. The van der Waals surface area contributed by atoms with Crippen molar-refractivity contribution in [3.05, 3.63) is 0 Å². The molecule has 0 aliphatic rings. The van der Waals surface area contributed by atoms with Crippen LogP contribution in [0.4, 0.5) is 4.79 Å². The van der Waals surface area contributed by atoms with Crippen molar-refractivity contribution in [1.29, 1.82) is 0 Å². The lowest BCUT2D eigenvalue weighted by Crippen LogP contribution is -2.37. The minimum Gasteiger partial charge on any atom is -0.444 e. The molecule has 1 atom stereocenters. The van der Waals surface area contributed by atoms with Gasteiger partial charge in [-0.25, -0.2) is 4.79 Å². The molecule has 0 radical (unpaired) electrons. The van der Waals surface area contributed by atoms with E-state index >= 15 is 0 Å². The van der Waals surface area contributed by atoms with Gasteiger partial charge in [0.15, 0.2) is 0 Å². The van der Waals surface area contributed by atoms with Gasteiger partial charge in [0.25, 0.3) is 0 Å². The number of ether oxygens (including phenoxy) is 1. The highest BCUT2D eigenvalue weighted by Crippen LogP contribution is 2.05. The third-order valence-corrected chi connectivity index (χ3v) is 1.82. The molecule has 5 heteroatoms. The highest BCUT2D eigenvalue weighted by Gasteiger charge is 2.15. The van der Waals surface area contributed by atoms with Crippen LogP contribution in [0.25, 0.3) is 0 Å². The van der Waals surface area contributed by atoms with Crippen molar-refractivity contribution < 1.29 is 14.6 Å². The van der Waals surface area contributed by atoms with E-state index in [4.69, 9.17) is 4.74 Å². The Morgan fingerprint density at radius 1 is 1.38 bits per heavy atom. The maximum Gasteiger partial charge on any atom is 0.407 e. The zero-order chi connectivity index (χ0) is 12.6. The quantitative estimate of drug-likeness (QED) is 0.594. The number of nitrogens with one attached hydrogen (secondary N) is 2. The average molecular weight is 232 g/mol. The number of alkyl carbamates (subject to hydrolysis) is 1. The summed E-state index contributed by atoms with van der Waals surface area (Å²) in [5.41, 5.74) is -0.462. The third-order valence-electron chi connectivity index (χ3n) is 1.82. The molecule has 0 spiro atoms. The van der Waals surface area contributed by atoms with Crippen LogP contribution < -0.4 is 10.6 Å². The zero-order valence-corrected chi connectivity index (χ0v) is 10.7. The van der Waals surface area contributed by atoms with Crippen LogP contribution in [0.3, 0.4) is 0 Å². The van der Waals surface area contributed by atoms with Gasteiger partial charge in [-0.15, -0.1) is 0 Å². The van der Waals surface area contributed by atoms with Crippen LogP contribution in [0.1, 0.15) is 34.1 Å². The zero-order valence-electron chi connectivity index (χ0n) is 10.7. The van der Waals surface area contributed by atoms with Crippen LogP contribution in [-0.4, -0.2) is 42.5 Å². The van der Waals surface area contributed by atoms with Crippen molar-refractivity contribution in [3.63, 3.8) is 0 Å². The predicted octanol–water partition coefficient (Wildman–Crippen LogP) is 0.872. The van der Waals surface area contributed by atoms with E-state index in [0.717, 1.165) is 6.42 Å². The summed E-state index contributed by atoms with van der Waals surface area (Å²) in [4.78, 5) is 11.2. The molecule has 16 heavy (non-hydrogen) atoms. The van der Waals surface area contributed by atoms with E-state index in [1.165, 1.54) is 0 Å². The summed E-state index contributed by atoms with van der Waals surface area (Å²) in [5, 5.41) is 14.9. The normalized spacial score (nSPS) is 13.3. The molecule has 0 aromatic carbocycles. The van der Waals surface area contributed by atoms with Crippen LogP contribution in [0.2, 0.25) is 0 Å². The number of hydrogen-bond acceptors (Lipinski definition) is 4. The first kappa shape index (κ1) is 15.2. The fraction of sp³-hybridized carbons (Fsp3) is 0.909. The summed E-state index contributed by atoms with van der Waals surface area (Å²) in [7, 11) is 0. The lowest BCUT2D eigenvalue weighted by Gasteiger charge is -2.19. The molecular weight excluding hydrogens is 208 g/mol. The Morgan fingerprint density at radius 2 is 2.00 bits per heavy atom. The van der Waals surface area contributed by atoms with Crippen LogP contribution in [0.5, 0.6) is 0 Å². The third kappa shape index (κ3) is 9.73. The molecule has 0 unspecified atom stereocenters. The molecule has 0 aromatic rings. The first-order chi connectivity index (χ1) is 7.35. The minimum atomic E-state index is -0.462. The molecular formula is C11H24N2O3. The SMILES string of the molecule is CC[C@H](O)CNCCNC(=O)OC(C)(C)C. The number of aliphatic hydroxyl groups is 1. The van der Waals surface area contributed by atoms with E-state index in [9.17, 15) is 9.90 Å². The van der Waals surface area contributed by atoms with Gasteiger partial charge >= 0.3 is 6.09 Å². The smallest absolute Gasteiger partial charge is 0.407 e. The summed E-state index contributed by atoms with van der Waals surface area (Å²) >= 11 is 0. The van der Waals surface area contributed by atoms with E-state index in [-0.39, 0.29) is 6.10 Å². The molecule has 0 aliphatic heterocycles. The van der Waals surface area contributed by atoms with Crippen molar-refractivity contribution in [2.45, 2.75) is 45.8 Å². The lowest BCUT2D eigenvalue weighted by molar-refractivity contribution is 0.0528. The molecule has 96 valence electrons. The largest absolute Gasteiger partial charge is 0.444 e. The van der Waals surface area contributed by atoms with Crippen molar-refractivity contribution in [1.82, 2.24) is 10.6 Å². The monoisotopic (exact) mass is 232 g/mol. The highest BCUT2D eigenvalue weighted by atomic mass is 16.6. The van der Waals surface area contributed by atoms with Gasteiger partial charge in [0.2, 0.25) is 0 Å². The number of carbonyl (C=O) groups excluding carboxylic acids is 1. The van der Waals surface area contributed by atoms with Crippen molar-refractivity contribution in [3.8, 4) is 0 Å². The van der Waals surface area contributed by atoms with Crippen molar-refractivity contribution in [2.24, 2.45) is 0 Å². The Kier molecular flexibility index (Phi) is 7.08. The maximum atomic E-state index is 11.2. The topological polar surface area (TPSA) is 70.6 Å². The van der Waals surface area contributed by atoms with Gasteiger partial charge in [0, 0.05) is 19.6 Å². The molecule has 0 saturated carbocycles. The second-order valence-corrected chi connectivity index (χ2v) is 4.69. The first-order valence-electron chi connectivity index (χ1n) is 5.70. The standard InChI is InChI=1S/C11H24N2O3/c1-5-9(14)8-12-6-7-13-10(15)16-11(2,3)4/h9,12,14H,5-8H2,1-4H3,(H,13,15)/t9-/m0/s1. The fourth-order valence-electron chi connectivity index (χ4n) is 0.980. The van der Waals surface area contributed by atoms with Gasteiger partial charge in [-0.3, -0.25) is 0 Å². The molecule has 0 aliphatic carbocycles. The van der Waals surface area contributed by atoms with Gasteiger partial charge in [0.05, 0.1) is 6.10 Å². The number of amides is 1. The van der Waals surface area contributed by atoms with Gasteiger partial charge in [-0.05, 0) is 27.2 Å². The number of hydrogen-bond donors (Lipinski definition) is 3. The highest BCUT2D eigenvalue weighted by molar-refractivity contribution is 5.67.